The van der Waals surface area contributed by atoms with Gasteiger partial charge in [0.05, 0.1) is 6.21 Å². The molecule has 0 aromatic heterocycles. The van der Waals surface area contributed by atoms with Crippen LogP contribution in [0.2, 0.25) is 0 Å². The minimum absolute atomic E-state index is 0.0756. The summed E-state index contributed by atoms with van der Waals surface area (Å²) in [6.07, 6.45) is 0.658. The molecule has 1 amide bonds. The minimum atomic E-state index is -0.718. The van der Waals surface area contributed by atoms with Crippen LogP contribution < -0.4 is 10.2 Å². The summed E-state index contributed by atoms with van der Waals surface area (Å²) in [4.78, 5) is 12.1. The van der Waals surface area contributed by atoms with Crippen LogP contribution in [-0.4, -0.2) is 23.3 Å². The molecule has 3 aromatic carbocycles. The molecule has 5 nitrogen and oxygen atoms in total. The van der Waals surface area contributed by atoms with Crippen LogP contribution in [0.5, 0.6) is 11.5 Å². The number of phenolic OH excluding ortho intramolecular Hbond substituents is 1. The normalized spacial score (nSPS) is 12.2. The number of aromatic hydroxyl groups is 1. The highest BCUT2D eigenvalue weighted by atomic mass is 79.9. The Morgan fingerprint density at radius 3 is 2.73 bits per heavy atom. The topological polar surface area (TPSA) is 70.9 Å². The molecule has 2 N–H and O–H groups in total. The third-order valence-electron chi connectivity index (χ3n) is 3.77. The van der Waals surface area contributed by atoms with Gasteiger partial charge in [-0.05, 0) is 48.0 Å². The summed E-state index contributed by atoms with van der Waals surface area (Å²) >= 11 is 3.31. The van der Waals surface area contributed by atoms with Gasteiger partial charge in [-0.25, -0.2) is 5.43 Å². The van der Waals surface area contributed by atoms with E-state index in [4.69, 9.17) is 4.74 Å². The van der Waals surface area contributed by atoms with Crippen molar-refractivity contribution in [3.05, 3.63) is 70.7 Å². The van der Waals surface area contributed by atoms with E-state index in [1.165, 1.54) is 6.21 Å². The van der Waals surface area contributed by atoms with Gasteiger partial charge in [0.15, 0.2) is 6.10 Å². The molecule has 0 unspecified atom stereocenters. The fraction of sp³-hybridized carbons (Fsp3) is 0.100. The highest BCUT2D eigenvalue weighted by Crippen LogP contribution is 2.22. The Morgan fingerprint density at radius 1 is 1.15 bits per heavy atom. The fourth-order valence-corrected chi connectivity index (χ4v) is 2.76. The van der Waals surface area contributed by atoms with E-state index >= 15 is 0 Å². The Balaban J connectivity index is 1.61. The van der Waals surface area contributed by atoms with Gasteiger partial charge < -0.3 is 9.84 Å². The van der Waals surface area contributed by atoms with E-state index in [0.717, 1.165) is 15.2 Å². The summed E-state index contributed by atoms with van der Waals surface area (Å²) in [6.45, 7) is 1.65. The number of hydrogen-bond donors (Lipinski definition) is 2. The van der Waals surface area contributed by atoms with E-state index in [-0.39, 0.29) is 11.7 Å². The highest BCUT2D eigenvalue weighted by molar-refractivity contribution is 9.10. The van der Waals surface area contributed by atoms with Gasteiger partial charge in [0.25, 0.3) is 5.91 Å². The zero-order valence-corrected chi connectivity index (χ0v) is 15.6. The first-order chi connectivity index (χ1) is 12.5. The van der Waals surface area contributed by atoms with E-state index in [1.54, 1.807) is 25.1 Å². The van der Waals surface area contributed by atoms with E-state index in [1.807, 2.05) is 42.5 Å². The average molecular weight is 413 g/mol. The number of halogens is 1. The maximum Gasteiger partial charge on any atom is 0.280 e. The van der Waals surface area contributed by atoms with Gasteiger partial charge in [-0.3, -0.25) is 4.79 Å². The Labute approximate surface area is 159 Å². The van der Waals surface area contributed by atoms with E-state index < -0.39 is 6.10 Å². The number of phenols is 1. The fourth-order valence-electron chi connectivity index (χ4n) is 2.38. The molecule has 26 heavy (non-hydrogen) atoms. The summed E-state index contributed by atoms with van der Waals surface area (Å²) in [5.74, 6) is 0.301. The van der Waals surface area contributed by atoms with Crippen LogP contribution in [0.25, 0.3) is 10.8 Å². The van der Waals surface area contributed by atoms with E-state index in [9.17, 15) is 9.90 Å². The summed E-state index contributed by atoms with van der Waals surface area (Å²) in [7, 11) is 0. The van der Waals surface area contributed by atoms with Crippen LogP contribution in [0.3, 0.4) is 0 Å². The number of benzene rings is 3. The predicted octanol–water partition coefficient (Wildman–Crippen LogP) is 4.23. The van der Waals surface area contributed by atoms with Gasteiger partial charge in [-0.1, -0.05) is 46.3 Å². The number of carbonyl (C=O) groups excluding carboxylic acids is 1. The van der Waals surface area contributed by atoms with Gasteiger partial charge in [0.2, 0.25) is 0 Å². The zero-order chi connectivity index (χ0) is 18.5. The number of nitrogens with zero attached hydrogens (tertiary/aromatic N) is 1. The number of fused-ring (bicyclic) bond motifs is 1. The molecule has 0 aliphatic carbocycles. The molecule has 3 aromatic rings. The molecule has 0 aliphatic rings. The lowest BCUT2D eigenvalue weighted by Crippen LogP contribution is -2.33. The summed E-state index contributed by atoms with van der Waals surface area (Å²) in [5, 5.41) is 15.8. The SMILES string of the molecule is C[C@H](Oc1ccc2ccccc2c1)C(=O)N/N=C\c1cc(Br)ccc1O. The lowest BCUT2D eigenvalue weighted by molar-refractivity contribution is -0.127. The number of hydrazone groups is 1. The van der Waals surface area contributed by atoms with Crippen LogP contribution in [-0.2, 0) is 4.79 Å². The Kier molecular flexibility index (Phi) is 5.53. The Morgan fingerprint density at radius 2 is 1.92 bits per heavy atom. The average Bonchev–Trinajstić information content (AvgIpc) is 2.64. The molecule has 0 saturated heterocycles. The monoisotopic (exact) mass is 412 g/mol. The molecule has 0 bridgehead atoms. The first-order valence-electron chi connectivity index (χ1n) is 8.00. The number of carbonyl (C=O) groups is 1. The van der Waals surface area contributed by atoms with Crippen molar-refractivity contribution in [1.29, 1.82) is 0 Å². The standard InChI is InChI=1S/C20H17BrN2O3/c1-13(26-18-8-6-14-4-2-3-5-15(14)11-18)20(25)23-22-12-16-10-17(21)7-9-19(16)24/h2-13,24H,1H3,(H,23,25)/b22-12-/t13-/m0/s1. The van der Waals surface area contributed by atoms with Crippen molar-refractivity contribution in [2.24, 2.45) is 5.10 Å². The zero-order valence-electron chi connectivity index (χ0n) is 14.0. The molecule has 0 saturated carbocycles. The second-order valence-electron chi connectivity index (χ2n) is 5.71. The van der Waals surface area contributed by atoms with Crippen LogP contribution in [0, 0.1) is 0 Å². The second-order valence-corrected chi connectivity index (χ2v) is 6.62. The number of ether oxygens (including phenoxy) is 1. The van der Waals surface area contributed by atoms with Crippen molar-refractivity contribution >= 4 is 38.8 Å². The van der Waals surface area contributed by atoms with Crippen LogP contribution in [0.15, 0.2) is 70.2 Å². The van der Waals surface area contributed by atoms with Crippen molar-refractivity contribution in [1.82, 2.24) is 5.43 Å². The van der Waals surface area contributed by atoms with E-state index in [2.05, 4.69) is 26.5 Å². The maximum absolute atomic E-state index is 12.1. The molecule has 0 aliphatic heterocycles. The first-order valence-corrected chi connectivity index (χ1v) is 8.79. The minimum Gasteiger partial charge on any atom is -0.507 e. The van der Waals surface area contributed by atoms with Crippen LogP contribution >= 0.6 is 15.9 Å². The van der Waals surface area contributed by atoms with Crippen molar-refractivity contribution < 1.29 is 14.6 Å². The molecule has 0 fully saturated rings. The summed E-state index contributed by atoms with van der Waals surface area (Å²) in [6, 6.07) is 18.5. The summed E-state index contributed by atoms with van der Waals surface area (Å²) < 4.78 is 6.49. The molecule has 0 radical (unpaired) electrons. The number of rotatable bonds is 5. The first kappa shape index (κ1) is 17.9. The second kappa shape index (κ2) is 8.01. The lowest BCUT2D eigenvalue weighted by Gasteiger charge is -2.13. The van der Waals surface area contributed by atoms with Gasteiger partial charge in [0, 0.05) is 10.0 Å². The molecule has 6 heteroatoms. The third kappa shape index (κ3) is 4.40. The maximum atomic E-state index is 12.1. The van der Waals surface area contributed by atoms with Crippen molar-refractivity contribution in [2.45, 2.75) is 13.0 Å². The molecule has 132 valence electrons. The number of nitrogens with one attached hydrogen (secondary N) is 1. The van der Waals surface area contributed by atoms with Crippen LogP contribution in [0.1, 0.15) is 12.5 Å². The van der Waals surface area contributed by atoms with Crippen molar-refractivity contribution in [3.63, 3.8) is 0 Å². The van der Waals surface area contributed by atoms with Gasteiger partial charge in [-0.15, -0.1) is 0 Å². The van der Waals surface area contributed by atoms with Gasteiger partial charge >= 0.3 is 0 Å². The molecule has 0 heterocycles. The molecular weight excluding hydrogens is 396 g/mol. The quantitative estimate of drug-likeness (QED) is 0.486. The predicted molar refractivity (Wildman–Crippen MR) is 106 cm³/mol. The molecule has 1 atom stereocenters. The molecular formula is C20H17BrN2O3. The highest BCUT2D eigenvalue weighted by Gasteiger charge is 2.14. The van der Waals surface area contributed by atoms with Crippen LogP contribution in [0.4, 0.5) is 0 Å². The molecule has 3 rings (SSSR count). The smallest absolute Gasteiger partial charge is 0.280 e. The Hall–Kier alpha value is -2.86. The molecule has 0 spiro atoms. The summed E-state index contributed by atoms with van der Waals surface area (Å²) in [5.41, 5.74) is 2.90. The van der Waals surface area contributed by atoms with E-state index in [0.29, 0.717) is 11.3 Å². The number of amides is 1. The van der Waals surface area contributed by atoms with Gasteiger partial charge in [-0.2, -0.15) is 5.10 Å². The van der Waals surface area contributed by atoms with Crippen molar-refractivity contribution in [2.75, 3.05) is 0 Å². The largest absolute Gasteiger partial charge is 0.507 e. The number of hydrogen-bond acceptors (Lipinski definition) is 4. The lowest BCUT2D eigenvalue weighted by atomic mass is 10.1. The van der Waals surface area contributed by atoms with Crippen molar-refractivity contribution in [3.8, 4) is 11.5 Å². The Bertz CT molecular complexity index is 972. The van der Waals surface area contributed by atoms with Gasteiger partial charge in [0.1, 0.15) is 11.5 Å². The third-order valence-corrected chi connectivity index (χ3v) is 4.26.